The Morgan fingerprint density at radius 1 is 0.750 bits per heavy atom. The van der Waals surface area contributed by atoms with E-state index < -0.39 is 11.9 Å². The molecule has 40 heavy (non-hydrogen) atoms. The summed E-state index contributed by atoms with van der Waals surface area (Å²) >= 11 is 0. The summed E-state index contributed by atoms with van der Waals surface area (Å²) in [7, 11) is 3.22. The van der Waals surface area contributed by atoms with Crippen LogP contribution in [0.1, 0.15) is 49.1 Å². The Bertz CT molecular complexity index is 1210. The van der Waals surface area contributed by atoms with Crippen molar-refractivity contribution in [3.05, 3.63) is 88.0 Å². The van der Waals surface area contributed by atoms with Crippen LogP contribution in [-0.2, 0) is 35.7 Å². The number of methoxy groups -OCH3 is 2. The molecule has 0 unspecified atom stereocenters. The van der Waals surface area contributed by atoms with E-state index >= 15 is 0 Å². The number of hydrogen-bond acceptors (Lipinski definition) is 9. The van der Waals surface area contributed by atoms with Crippen LogP contribution in [0.4, 0.5) is 0 Å². The maximum absolute atomic E-state index is 11.4. The van der Waals surface area contributed by atoms with Gasteiger partial charge in [0.25, 0.3) is 0 Å². The van der Waals surface area contributed by atoms with Crippen molar-refractivity contribution in [2.45, 2.75) is 33.1 Å². The lowest BCUT2D eigenvalue weighted by atomic mass is 10.0. The summed E-state index contributed by atoms with van der Waals surface area (Å²) in [4.78, 5) is 35.3. The van der Waals surface area contributed by atoms with Crippen LogP contribution in [0.15, 0.2) is 48.5 Å². The number of nitrogens with zero attached hydrogens (tertiary/aromatic N) is 4. The number of aromatic hydroxyl groups is 1. The van der Waals surface area contributed by atoms with Crippen LogP contribution < -0.4 is 0 Å². The predicted molar refractivity (Wildman–Crippen MR) is 147 cm³/mol. The van der Waals surface area contributed by atoms with Gasteiger partial charge in [-0.25, -0.2) is 19.6 Å². The lowest BCUT2D eigenvalue weighted by Gasteiger charge is -2.25. The van der Waals surface area contributed by atoms with Gasteiger partial charge in [-0.05, 0) is 31.2 Å². The molecule has 3 N–H and O–H groups in total. The van der Waals surface area contributed by atoms with Gasteiger partial charge in [-0.2, -0.15) is 0 Å². The minimum absolute atomic E-state index is 0.0237. The predicted octanol–water partition coefficient (Wildman–Crippen LogP) is 3.18. The van der Waals surface area contributed by atoms with Crippen molar-refractivity contribution in [2.75, 3.05) is 40.5 Å². The zero-order valence-electron chi connectivity index (χ0n) is 23.0. The molecule has 0 atom stereocenters. The van der Waals surface area contributed by atoms with Crippen molar-refractivity contribution >= 4 is 11.9 Å². The number of phenolic OH excluding ortho intramolecular Hbond substituents is 1. The van der Waals surface area contributed by atoms with Crippen LogP contribution in [0.5, 0.6) is 5.75 Å². The topological polar surface area (TPSA) is 146 Å². The summed E-state index contributed by atoms with van der Waals surface area (Å²) < 4.78 is 10.6. The van der Waals surface area contributed by atoms with E-state index in [9.17, 15) is 24.9 Å². The number of carboxylic acids is 2. The summed E-state index contributed by atoms with van der Waals surface area (Å²) in [5.41, 5.74) is 3.57. The van der Waals surface area contributed by atoms with Gasteiger partial charge in [0.15, 0.2) is 0 Å². The smallest absolute Gasteiger partial charge is 0.354 e. The van der Waals surface area contributed by atoms with Crippen LogP contribution in [0.25, 0.3) is 0 Å². The Morgan fingerprint density at radius 2 is 1.18 bits per heavy atom. The van der Waals surface area contributed by atoms with Gasteiger partial charge in [-0.3, -0.25) is 9.80 Å². The first-order chi connectivity index (χ1) is 19.2. The molecule has 0 aliphatic carbocycles. The summed E-state index contributed by atoms with van der Waals surface area (Å²) in [6, 6.07) is 13.6. The molecule has 2 aromatic heterocycles. The zero-order valence-corrected chi connectivity index (χ0v) is 23.0. The third kappa shape index (κ3) is 9.09. The average molecular weight is 553 g/mol. The van der Waals surface area contributed by atoms with Crippen molar-refractivity contribution in [3.63, 3.8) is 0 Å². The van der Waals surface area contributed by atoms with Gasteiger partial charge in [-0.1, -0.05) is 29.8 Å². The first kappa shape index (κ1) is 30.6. The first-order valence-corrected chi connectivity index (χ1v) is 12.8. The third-order valence-electron chi connectivity index (χ3n) is 6.25. The molecule has 1 aromatic carbocycles. The highest BCUT2D eigenvalue weighted by Crippen LogP contribution is 2.28. The Kier molecular flexibility index (Phi) is 11.5. The highest BCUT2D eigenvalue weighted by atomic mass is 16.5. The Balaban J connectivity index is 1.84. The van der Waals surface area contributed by atoms with Crippen LogP contribution >= 0.6 is 0 Å². The molecule has 214 valence electrons. The third-order valence-corrected chi connectivity index (χ3v) is 6.25. The zero-order chi connectivity index (χ0) is 29.1. The SMILES string of the molecule is COCCN(Cc1cccc(C(=O)O)n1)Cc1cc(C)cc(CN(CCOC)Cc2cccc(C(=O)O)n2)c1O. The van der Waals surface area contributed by atoms with Crippen molar-refractivity contribution in [1.82, 2.24) is 19.8 Å². The summed E-state index contributed by atoms with van der Waals surface area (Å²) in [5, 5.41) is 29.9. The molecule has 3 aromatic rings. The van der Waals surface area contributed by atoms with E-state index in [-0.39, 0.29) is 17.1 Å². The van der Waals surface area contributed by atoms with E-state index in [4.69, 9.17) is 9.47 Å². The number of carboxylic acid groups (broad SMARTS) is 2. The molecule has 0 radical (unpaired) electrons. The molecule has 0 spiro atoms. The first-order valence-electron chi connectivity index (χ1n) is 12.8. The molecule has 0 aliphatic heterocycles. The number of phenols is 1. The van der Waals surface area contributed by atoms with E-state index in [1.165, 1.54) is 12.1 Å². The number of ether oxygens (including phenoxy) is 2. The Hall–Kier alpha value is -3.90. The van der Waals surface area contributed by atoms with E-state index in [2.05, 4.69) is 9.97 Å². The molecular formula is C29H36N4O7. The molecule has 0 saturated carbocycles. The fraction of sp³-hybridized carbons (Fsp3) is 0.379. The largest absolute Gasteiger partial charge is 0.507 e. The minimum Gasteiger partial charge on any atom is -0.507 e. The molecule has 0 amide bonds. The van der Waals surface area contributed by atoms with Crippen molar-refractivity contribution < 1.29 is 34.4 Å². The monoisotopic (exact) mass is 552 g/mol. The molecule has 2 heterocycles. The Labute approximate surface area is 233 Å². The van der Waals surface area contributed by atoms with E-state index in [1.54, 1.807) is 38.5 Å². The maximum atomic E-state index is 11.4. The minimum atomic E-state index is -1.09. The second-order valence-corrected chi connectivity index (χ2v) is 9.48. The normalized spacial score (nSPS) is 11.3. The number of aromatic carboxylic acids is 2. The highest BCUT2D eigenvalue weighted by Gasteiger charge is 2.18. The molecule has 3 rings (SSSR count). The molecule has 0 saturated heterocycles. The number of hydrogen-bond donors (Lipinski definition) is 3. The summed E-state index contributed by atoms with van der Waals surface area (Å²) in [6.07, 6.45) is 0. The van der Waals surface area contributed by atoms with Crippen molar-refractivity contribution in [1.29, 1.82) is 0 Å². The maximum Gasteiger partial charge on any atom is 0.354 e. The number of pyridine rings is 2. The van der Waals surface area contributed by atoms with E-state index in [1.807, 2.05) is 28.9 Å². The second-order valence-electron chi connectivity index (χ2n) is 9.48. The van der Waals surface area contributed by atoms with E-state index in [0.717, 1.165) is 16.7 Å². The number of carbonyl (C=O) groups is 2. The summed E-state index contributed by atoms with van der Waals surface area (Å²) in [5.74, 6) is -2.02. The number of aryl methyl sites for hydroxylation is 1. The lowest BCUT2D eigenvalue weighted by Crippen LogP contribution is -2.28. The molecule has 0 aliphatic rings. The highest BCUT2D eigenvalue weighted by molar-refractivity contribution is 5.85. The molecule has 11 heteroatoms. The van der Waals surface area contributed by atoms with Gasteiger partial charge in [0.05, 0.1) is 24.6 Å². The van der Waals surface area contributed by atoms with Gasteiger partial charge in [0, 0.05) is 64.6 Å². The average Bonchev–Trinajstić information content (AvgIpc) is 2.93. The quantitative estimate of drug-likeness (QED) is 0.241. The Morgan fingerprint density at radius 3 is 1.55 bits per heavy atom. The fourth-order valence-electron chi connectivity index (χ4n) is 4.36. The second kappa shape index (κ2) is 15.0. The number of aromatic nitrogens is 2. The van der Waals surface area contributed by atoms with Gasteiger partial charge < -0.3 is 24.8 Å². The van der Waals surface area contributed by atoms with Crippen molar-refractivity contribution in [2.24, 2.45) is 0 Å². The molecule has 0 bridgehead atoms. The molecule has 0 fully saturated rings. The molecular weight excluding hydrogens is 516 g/mol. The van der Waals surface area contributed by atoms with Gasteiger partial charge in [-0.15, -0.1) is 0 Å². The summed E-state index contributed by atoms with van der Waals surface area (Å²) in [6.45, 7) is 5.48. The van der Waals surface area contributed by atoms with Crippen LogP contribution in [0.2, 0.25) is 0 Å². The fourth-order valence-corrected chi connectivity index (χ4v) is 4.36. The van der Waals surface area contributed by atoms with Crippen LogP contribution in [0.3, 0.4) is 0 Å². The lowest BCUT2D eigenvalue weighted by molar-refractivity contribution is 0.0679. The van der Waals surface area contributed by atoms with Crippen LogP contribution in [0, 0.1) is 6.92 Å². The number of benzene rings is 1. The standard InChI is InChI=1S/C29H36N4O7/c1-20-14-21(16-32(10-12-39-2)18-23-6-4-8-25(30-23)28(35)36)27(34)22(15-20)17-33(11-13-40-3)19-24-7-5-9-26(31-24)29(37)38/h4-9,14-15,34H,10-13,16-19H2,1-3H3,(H,35,36)(H,37,38). The van der Waals surface area contributed by atoms with Gasteiger partial charge in [0.2, 0.25) is 0 Å². The number of rotatable bonds is 16. The van der Waals surface area contributed by atoms with E-state index in [0.29, 0.717) is 63.9 Å². The van der Waals surface area contributed by atoms with Gasteiger partial charge >= 0.3 is 11.9 Å². The van der Waals surface area contributed by atoms with Gasteiger partial charge in [0.1, 0.15) is 17.1 Å². The molecule has 11 nitrogen and oxygen atoms in total. The van der Waals surface area contributed by atoms with Crippen molar-refractivity contribution in [3.8, 4) is 5.75 Å². The van der Waals surface area contributed by atoms with Crippen LogP contribution in [-0.4, -0.2) is 87.5 Å².